The number of rotatable bonds is 9. The average molecular weight is 621 g/mol. The smallest absolute Gasteiger partial charge is 0.320 e. The Morgan fingerprint density at radius 1 is 0.953 bits per heavy atom. The van der Waals surface area contributed by atoms with Crippen LogP contribution in [0.25, 0.3) is 16.9 Å². The van der Waals surface area contributed by atoms with Gasteiger partial charge in [0.05, 0.1) is 21.4 Å². The van der Waals surface area contributed by atoms with Gasteiger partial charge in [0.15, 0.2) is 5.82 Å². The molecule has 2 aromatic heterocycles. The van der Waals surface area contributed by atoms with Gasteiger partial charge in [0.25, 0.3) is 0 Å². The van der Waals surface area contributed by atoms with Crippen molar-refractivity contribution in [1.82, 2.24) is 25.4 Å². The van der Waals surface area contributed by atoms with Crippen LogP contribution in [0.4, 0.5) is 10.6 Å². The summed E-state index contributed by atoms with van der Waals surface area (Å²) < 4.78 is 1.66. The summed E-state index contributed by atoms with van der Waals surface area (Å²) >= 11 is 12.4. The number of primary amides is 1. The fraction of sp³-hybridized carbons (Fsp3) is 0.258. The zero-order valence-corrected chi connectivity index (χ0v) is 24.7. The Morgan fingerprint density at radius 2 is 1.72 bits per heavy atom. The molecule has 0 unspecified atom stereocenters. The third-order valence-electron chi connectivity index (χ3n) is 7.43. The predicted octanol–water partition coefficient (Wildman–Crippen LogP) is 5.13. The van der Waals surface area contributed by atoms with Crippen LogP contribution in [0.3, 0.4) is 0 Å². The van der Waals surface area contributed by atoms with Gasteiger partial charge < -0.3 is 16.4 Å². The molecule has 1 atom stereocenters. The van der Waals surface area contributed by atoms with Gasteiger partial charge >= 0.3 is 6.03 Å². The summed E-state index contributed by atoms with van der Waals surface area (Å²) in [5.74, 6) is -0.690. The lowest BCUT2D eigenvalue weighted by Gasteiger charge is -2.29. The van der Waals surface area contributed by atoms with E-state index in [1.807, 2.05) is 42.5 Å². The summed E-state index contributed by atoms with van der Waals surface area (Å²) in [6.07, 6.45) is 6.10. The molecule has 5 N–H and O–H groups in total. The Morgan fingerprint density at radius 3 is 2.40 bits per heavy atom. The van der Waals surface area contributed by atoms with Crippen molar-refractivity contribution in [3.63, 3.8) is 0 Å². The molecule has 1 aliphatic rings. The van der Waals surface area contributed by atoms with Crippen LogP contribution in [0.1, 0.15) is 31.2 Å². The number of hydrogen-bond donors (Lipinski definition) is 4. The van der Waals surface area contributed by atoms with Crippen molar-refractivity contribution in [3.05, 3.63) is 94.7 Å². The Hall–Kier alpha value is -4.41. The molecule has 43 heavy (non-hydrogen) atoms. The second kappa shape index (κ2) is 13.7. The molecule has 0 saturated heterocycles. The zero-order valence-electron chi connectivity index (χ0n) is 23.2. The van der Waals surface area contributed by atoms with Crippen molar-refractivity contribution in [3.8, 4) is 16.9 Å². The molecule has 2 heterocycles. The Labute approximate surface area is 259 Å². The number of halogens is 2. The Kier molecular flexibility index (Phi) is 9.58. The van der Waals surface area contributed by atoms with Crippen LogP contribution < -0.4 is 21.7 Å². The number of amides is 4. The second-order valence-electron chi connectivity index (χ2n) is 10.5. The molecule has 0 spiro atoms. The number of nitrogens with two attached hydrogens (primary N) is 1. The number of carbonyl (C=O) groups is 3. The molecule has 12 heteroatoms. The maximum atomic E-state index is 12.9. The van der Waals surface area contributed by atoms with E-state index in [1.54, 1.807) is 41.3 Å². The Balaban J connectivity index is 1.18. The third kappa shape index (κ3) is 7.71. The average Bonchev–Trinajstić information content (AvgIpc) is 3.43. The molecule has 4 aromatic rings. The number of nitrogens with zero attached hydrogens (tertiary/aromatic N) is 3. The van der Waals surface area contributed by atoms with Gasteiger partial charge in [0.1, 0.15) is 6.04 Å². The Bertz CT molecular complexity index is 1590. The van der Waals surface area contributed by atoms with E-state index in [0.717, 1.165) is 11.1 Å². The van der Waals surface area contributed by atoms with Crippen LogP contribution in [0.5, 0.6) is 0 Å². The van der Waals surface area contributed by atoms with E-state index in [-0.39, 0.29) is 17.9 Å². The number of nitrogens with one attached hydrogen (secondary N) is 3. The van der Waals surface area contributed by atoms with Crippen LogP contribution in [0.15, 0.2) is 79.1 Å². The van der Waals surface area contributed by atoms with E-state index in [0.29, 0.717) is 59.3 Å². The lowest BCUT2D eigenvalue weighted by molar-refractivity contribution is -0.130. The molecule has 0 radical (unpaired) electrons. The first-order chi connectivity index (χ1) is 20.8. The lowest BCUT2D eigenvalue weighted by atomic mass is 9.85. The van der Waals surface area contributed by atoms with Crippen LogP contribution >= 0.6 is 23.2 Å². The molecule has 10 nitrogen and oxygen atoms in total. The minimum Gasteiger partial charge on any atom is -0.368 e. The zero-order chi connectivity index (χ0) is 30.3. The van der Waals surface area contributed by atoms with Gasteiger partial charge in [0, 0.05) is 42.4 Å². The minimum atomic E-state index is -0.781. The number of anilines is 1. The first-order valence-corrected chi connectivity index (χ1v) is 14.7. The van der Waals surface area contributed by atoms with Crippen molar-refractivity contribution in [1.29, 1.82) is 0 Å². The molecular weight excluding hydrogens is 589 g/mol. The topological polar surface area (TPSA) is 144 Å². The molecule has 2 aromatic carbocycles. The SMILES string of the molecule is NC(=O)[C@H](Cc1ccccc1)NC(=O)C1CCC(NC(=O)Nc2cc(-c3cccnc3)n(-c3ccc(Cl)c(Cl)c3)n2)CC1. The van der Waals surface area contributed by atoms with Crippen molar-refractivity contribution in [2.75, 3.05) is 5.32 Å². The van der Waals surface area contributed by atoms with Gasteiger partial charge in [-0.25, -0.2) is 9.48 Å². The van der Waals surface area contributed by atoms with E-state index in [9.17, 15) is 14.4 Å². The molecule has 0 aliphatic heterocycles. The highest BCUT2D eigenvalue weighted by Crippen LogP contribution is 2.30. The maximum absolute atomic E-state index is 12.9. The molecule has 1 fully saturated rings. The largest absolute Gasteiger partial charge is 0.368 e. The summed E-state index contributed by atoms with van der Waals surface area (Å²) in [5.41, 5.74) is 8.65. The summed E-state index contributed by atoms with van der Waals surface area (Å²) in [6.45, 7) is 0. The number of benzene rings is 2. The predicted molar refractivity (Wildman–Crippen MR) is 166 cm³/mol. The van der Waals surface area contributed by atoms with Crippen molar-refractivity contribution in [2.24, 2.45) is 11.7 Å². The van der Waals surface area contributed by atoms with Gasteiger partial charge in [-0.05, 0) is 61.6 Å². The van der Waals surface area contributed by atoms with E-state index in [1.165, 1.54) is 0 Å². The highest BCUT2D eigenvalue weighted by atomic mass is 35.5. The van der Waals surface area contributed by atoms with Crippen molar-refractivity contribution >= 4 is 46.9 Å². The number of aromatic nitrogens is 3. The van der Waals surface area contributed by atoms with Crippen LogP contribution in [0.2, 0.25) is 10.0 Å². The summed E-state index contributed by atoms with van der Waals surface area (Å²) in [4.78, 5) is 42.0. The minimum absolute atomic E-state index is 0.116. The van der Waals surface area contributed by atoms with Gasteiger partial charge in [-0.15, -0.1) is 5.10 Å². The molecule has 0 bridgehead atoms. The van der Waals surface area contributed by atoms with Gasteiger partial charge in [-0.2, -0.15) is 0 Å². The molecule has 1 aliphatic carbocycles. The third-order valence-corrected chi connectivity index (χ3v) is 8.17. The van der Waals surface area contributed by atoms with E-state index in [2.05, 4.69) is 26.0 Å². The van der Waals surface area contributed by atoms with Crippen LogP contribution in [0, 0.1) is 5.92 Å². The summed E-state index contributed by atoms with van der Waals surface area (Å²) in [7, 11) is 0. The quantitative estimate of drug-likeness (QED) is 0.205. The summed E-state index contributed by atoms with van der Waals surface area (Å²) in [6, 6.07) is 18.7. The molecule has 5 rings (SSSR count). The highest BCUT2D eigenvalue weighted by Gasteiger charge is 2.30. The number of pyridine rings is 1. The van der Waals surface area contributed by atoms with Gasteiger partial charge in [0.2, 0.25) is 11.8 Å². The van der Waals surface area contributed by atoms with Crippen LogP contribution in [-0.4, -0.2) is 44.7 Å². The fourth-order valence-electron chi connectivity index (χ4n) is 5.18. The van der Waals surface area contributed by atoms with Crippen LogP contribution in [-0.2, 0) is 16.0 Å². The first kappa shape index (κ1) is 30.1. The van der Waals surface area contributed by atoms with Crippen molar-refractivity contribution < 1.29 is 14.4 Å². The van der Waals surface area contributed by atoms with E-state index >= 15 is 0 Å². The number of hydrogen-bond acceptors (Lipinski definition) is 5. The summed E-state index contributed by atoms with van der Waals surface area (Å²) in [5, 5.41) is 14.0. The monoisotopic (exact) mass is 619 g/mol. The maximum Gasteiger partial charge on any atom is 0.320 e. The second-order valence-corrected chi connectivity index (χ2v) is 11.3. The molecular formula is C31H31Cl2N7O3. The highest BCUT2D eigenvalue weighted by molar-refractivity contribution is 6.42. The van der Waals surface area contributed by atoms with Crippen molar-refractivity contribution in [2.45, 2.75) is 44.2 Å². The van der Waals surface area contributed by atoms with E-state index < -0.39 is 18.0 Å². The molecule has 222 valence electrons. The number of urea groups is 1. The normalized spacial score (nSPS) is 17.1. The first-order valence-electron chi connectivity index (χ1n) is 13.9. The fourth-order valence-corrected chi connectivity index (χ4v) is 5.47. The number of carbonyl (C=O) groups excluding carboxylic acids is 3. The van der Waals surface area contributed by atoms with Gasteiger partial charge in [-0.1, -0.05) is 53.5 Å². The lowest BCUT2D eigenvalue weighted by Crippen LogP contribution is -2.49. The van der Waals surface area contributed by atoms with E-state index in [4.69, 9.17) is 28.9 Å². The standard InChI is InChI=1S/C31H31Cl2N7O3/c32-24-13-12-23(16-25(24)33)40-27(21-7-4-14-35-18-21)17-28(39-40)38-31(43)36-22-10-8-20(9-11-22)30(42)37-26(29(34)41)15-19-5-2-1-3-6-19/h1-7,12-14,16-18,20,22,26H,8-11,15H2,(H2,34,41)(H,37,42)(H2,36,38,39,43)/t20?,22?,26-/m0/s1. The van der Waals surface area contributed by atoms with Gasteiger partial charge in [-0.3, -0.25) is 19.9 Å². The molecule has 4 amide bonds. The molecule has 1 saturated carbocycles.